The van der Waals surface area contributed by atoms with Crippen molar-refractivity contribution < 1.29 is 17.9 Å². The fraction of sp³-hybridized carbons (Fsp3) is 0.409. The van der Waals surface area contributed by atoms with Crippen LogP contribution in [0.3, 0.4) is 0 Å². The Balaban J connectivity index is 1.75. The van der Waals surface area contributed by atoms with Gasteiger partial charge in [0.1, 0.15) is 12.4 Å². The van der Waals surface area contributed by atoms with E-state index < -0.39 is 10.0 Å². The molecule has 7 heteroatoms. The van der Waals surface area contributed by atoms with Crippen LogP contribution in [0, 0.1) is 20.8 Å². The first-order valence-electron chi connectivity index (χ1n) is 9.68. The van der Waals surface area contributed by atoms with E-state index in [1.807, 2.05) is 57.2 Å². The number of hydrogen-bond acceptors (Lipinski definition) is 4. The number of amides is 1. The zero-order valence-corrected chi connectivity index (χ0v) is 18.4. The van der Waals surface area contributed by atoms with E-state index in [1.165, 1.54) is 16.1 Å². The highest BCUT2D eigenvalue weighted by Crippen LogP contribution is 2.19. The number of carbonyl (C=O) groups is 1. The number of ether oxygens (including phenoxy) is 1. The summed E-state index contributed by atoms with van der Waals surface area (Å²) in [6.45, 7) is 7.03. The Bertz CT molecular complexity index is 942. The Hall–Kier alpha value is -2.54. The first-order valence-corrected chi connectivity index (χ1v) is 11.5. The average Bonchev–Trinajstić information content (AvgIpc) is 2.64. The molecule has 0 aliphatic rings. The number of nitrogens with one attached hydrogen (secondary N) is 1. The van der Waals surface area contributed by atoms with E-state index in [9.17, 15) is 13.2 Å². The van der Waals surface area contributed by atoms with Gasteiger partial charge < -0.3 is 10.1 Å². The lowest BCUT2D eigenvalue weighted by Gasteiger charge is -2.22. The lowest BCUT2D eigenvalue weighted by atomic mass is 10.1. The highest BCUT2D eigenvalue weighted by atomic mass is 32.2. The number of aryl methyl sites for hydroxylation is 3. The molecule has 0 spiro atoms. The van der Waals surface area contributed by atoms with Crippen molar-refractivity contribution in [2.75, 3.05) is 30.3 Å². The van der Waals surface area contributed by atoms with Crippen LogP contribution in [0.4, 0.5) is 5.69 Å². The van der Waals surface area contributed by atoms with Crippen LogP contribution in [0.2, 0.25) is 0 Å². The highest BCUT2D eigenvalue weighted by molar-refractivity contribution is 7.92. The summed E-state index contributed by atoms with van der Waals surface area (Å²) >= 11 is 0. The summed E-state index contributed by atoms with van der Waals surface area (Å²) in [5, 5.41) is 2.81. The van der Waals surface area contributed by atoms with Crippen LogP contribution in [0.1, 0.15) is 29.5 Å². The third-order valence-electron chi connectivity index (χ3n) is 4.63. The largest absolute Gasteiger partial charge is 0.492 e. The SMILES string of the molecule is Cc1cccc(N(CCCC(=O)NCCOc2ccc(C)c(C)c2)S(C)(=O)=O)c1. The standard InChI is InChI=1S/C22H30N2O4S/c1-17-7-5-8-20(15-17)24(29(4,26)27)13-6-9-22(25)23-12-14-28-21-11-10-18(2)19(3)16-21/h5,7-8,10-11,15-16H,6,9,12-14H2,1-4H3,(H,23,25). The molecule has 0 atom stereocenters. The van der Waals surface area contributed by atoms with Crippen molar-refractivity contribution in [3.8, 4) is 5.75 Å². The molecule has 29 heavy (non-hydrogen) atoms. The van der Waals surface area contributed by atoms with Gasteiger partial charge in [-0.2, -0.15) is 0 Å². The van der Waals surface area contributed by atoms with E-state index in [-0.39, 0.29) is 18.9 Å². The van der Waals surface area contributed by atoms with Crippen molar-refractivity contribution in [1.82, 2.24) is 5.32 Å². The fourth-order valence-corrected chi connectivity index (χ4v) is 3.86. The van der Waals surface area contributed by atoms with Gasteiger partial charge >= 0.3 is 0 Å². The lowest BCUT2D eigenvalue weighted by molar-refractivity contribution is -0.121. The van der Waals surface area contributed by atoms with Gasteiger partial charge in [-0.05, 0) is 68.1 Å². The highest BCUT2D eigenvalue weighted by Gasteiger charge is 2.17. The molecule has 0 aliphatic heterocycles. The maximum Gasteiger partial charge on any atom is 0.232 e. The second-order valence-electron chi connectivity index (χ2n) is 7.22. The molecule has 0 unspecified atom stereocenters. The third kappa shape index (κ3) is 7.42. The predicted molar refractivity (Wildman–Crippen MR) is 117 cm³/mol. The summed E-state index contributed by atoms with van der Waals surface area (Å²) in [6, 6.07) is 13.2. The number of rotatable bonds is 10. The summed E-state index contributed by atoms with van der Waals surface area (Å²) < 4.78 is 31.2. The van der Waals surface area contributed by atoms with Crippen molar-refractivity contribution in [1.29, 1.82) is 0 Å². The molecule has 0 aromatic heterocycles. The minimum absolute atomic E-state index is 0.119. The van der Waals surface area contributed by atoms with Crippen molar-refractivity contribution in [3.05, 3.63) is 59.2 Å². The van der Waals surface area contributed by atoms with Crippen molar-refractivity contribution in [2.45, 2.75) is 33.6 Å². The van der Waals surface area contributed by atoms with Gasteiger partial charge in [0.25, 0.3) is 0 Å². The Morgan fingerprint density at radius 2 is 1.83 bits per heavy atom. The van der Waals surface area contributed by atoms with Crippen LogP contribution in [-0.2, 0) is 14.8 Å². The summed E-state index contributed by atoms with van der Waals surface area (Å²) in [6.07, 6.45) is 1.87. The molecule has 0 saturated heterocycles. The third-order valence-corrected chi connectivity index (χ3v) is 5.82. The zero-order chi connectivity index (χ0) is 21.4. The molecule has 0 saturated carbocycles. The second-order valence-corrected chi connectivity index (χ2v) is 9.13. The fourth-order valence-electron chi connectivity index (χ4n) is 2.90. The Morgan fingerprint density at radius 3 is 2.48 bits per heavy atom. The maximum absolute atomic E-state index is 12.1. The van der Waals surface area contributed by atoms with Gasteiger partial charge in [-0.25, -0.2) is 8.42 Å². The Kier molecular flexibility index (Phi) is 8.08. The molecular formula is C22H30N2O4S. The molecule has 2 aromatic carbocycles. The van der Waals surface area contributed by atoms with Gasteiger partial charge in [0.2, 0.25) is 15.9 Å². The molecule has 0 bridgehead atoms. The van der Waals surface area contributed by atoms with E-state index in [0.29, 0.717) is 25.3 Å². The number of hydrogen-bond donors (Lipinski definition) is 1. The lowest BCUT2D eigenvalue weighted by Crippen LogP contribution is -2.33. The first-order chi connectivity index (χ1) is 13.7. The number of anilines is 1. The molecule has 1 amide bonds. The number of carbonyl (C=O) groups excluding carboxylic acids is 1. The van der Waals surface area contributed by atoms with Crippen LogP contribution >= 0.6 is 0 Å². The summed E-state index contributed by atoms with van der Waals surface area (Å²) in [7, 11) is -3.41. The summed E-state index contributed by atoms with van der Waals surface area (Å²) in [4.78, 5) is 12.0. The summed E-state index contributed by atoms with van der Waals surface area (Å²) in [5.74, 6) is 0.663. The van der Waals surface area contributed by atoms with Gasteiger partial charge in [0, 0.05) is 13.0 Å². The van der Waals surface area contributed by atoms with Gasteiger partial charge in [-0.15, -0.1) is 0 Å². The van der Waals surface area contributed by atoms with Crippen molar-refractivity contribution in [2.24, 2.45) is 0 Å². The smallest absolute Gasteiger partial charge is 0.232 e. The molecule has 0 radical (unpaired) electrons. The van der Waals surface area contributed by atoms with E-state index >= 15 is 0 Å². The molecule has 158 valence electrons. The van der Waals surface area contributed by atoms with Gasteiger partial charge in [-0.1, -0.05) is 18.2 Å². The molecule has 0 aliphatic carbocycles. The predicted octanol–water partition coefficient (Wildman–Crippen LogP) is 3.35. The molecule has 1 N–H and O–H groups in total. The minimum atomic E-state index is -3.41. The van der Waals surface area contributed by atoms with Crippen LogP contribution in [0.25, 0.3) is 0 Å². The molecule has 0 heterocycles. The molecule has 0 fully saturated rings. The molecular weight excluding hydrogens is 388 g/mol. The number of nitrogens with zero attached hydrogens (tertiary/aromatic N) is 1. The maximum atomic E-state index is 12.1. The van der Waals surface area contributed by atoms with Crippen LogP contribution in [-0.4, -0.2) is 40.3 Å². The summed E-state index contributed by atoms with van der Waals surface area (Å²) in [5.41, 5.74) is 3.97. The molecule has 6 nitrogen and oxygen atoms in total. The van der Waals surface area contributed by atoms with E-state index in [1.54, 1.807) is 6.07 Å². The Morgan fingerprint density at radius 1 is 1.07 bits per heavy atom. The van der Waals surface area contributed by atoms with Crippen LogP contribution in [0.5, 0.6) is 5.75 Å². The van der Waals surface area contributed by atoms with Crippen LogP contribution in [0.15, 0.2) is 42.5 Å². The topological polar surface area (TPSA) is 75.7 Å². The van der Waals surface area contributed by atoms with Crippen molar-refractivity contribution in [3.63, 3.8) is 0 Å². The Labute approximate surface area is 173 Å². The van der Waals surface area contributed by atoms with Gasteiger partial charge in [0.05, 0.1) is 18.5 Å². The van der Waals surface area contributed by atoms with Gasteiger partial charge in [0.15, 0.2) is 0 Å². The van der Waals surface area contributed by atoms with Crippen molar-refractivity contribution >= 4 is 21.6 Å². The van der Waals surface area contributed by atoms with E-state index in [4.69, 9.17) is 4.74 Å². The first kappa shape index (κ1) is 22.7. The number of sulfonamides is 1. The second kappa shape index (κ2) is 10.3. The zero-order valence-electron chi connectivity index (χ0n) is 17.6. The normalized spacial score (nSPS) is 11.2. The number of benzene rings is 2. The monoisotopic (exact) mass is 418 g/mol. The van der Waals surface area contributed by atoms with E-state index in [2.05, 4.69) is 5.32 Å². The molecule has 2 aromatic rings. The molecule has 2 rings (SSSR count). The van der Waals surface area contributed by atoms with E-state index in [0.717, 1.165) is 16.9 Å². The quantitative estimate of drug-likeness (QED) is 0.601. The average molecular weight is 419 g/mol. The van der Waals surface area contributed by atoms with Gasteiger partial charge in [-0.3, -0.25) is 9.10 Å². The minimum Gasteiger partial charge on any atom is -0.492 e. The van der Waals surface area contributed by atoms with Crippen LogP contribution < -0.4 is 14.4 Å².